The summed E-state index contributed by atoms with van der Waals surface area (Å²) in [6, 6.07) is 9.80. The molecule has 0 saturated heterocycles. The second-order valence-electron chi connectivity index (χ2n) is 4.46. The van der Waals surface area contributed by atoms with Crippen molar-refractivity contribution in [3.63, 3.8) is 0 Å². The molecule has 3 aromatic rings. The molecule has 5 nitrogen and oxygen atoms in total. The lowest BCUT2D eigenvalue weighted by Gasteiger charge is -2.06. The topological polar surface area (TPSA) is 73.9 Å². The molecule has 2 heterocycles. The van der Waals surface area contributed by atoms with Gasteiger partial charge in [0, 0.05) is 5.56 Å². The van der Waals surface area contributed by atoms with Crippen LogP contribution in [0, 0.1) is 6.92 Å². The summed E-state index contributed by atoms with van der Waals surface area (Å²) in [6.07, 6.45) is 1.64. The number of hydrogen-bond donors (Lipinski definition) is 1. The molecule has 0 amide bonds. The van der Waals surface area contributed by atoms with Gasteiger partial charge in [-0.2, -0.15) is 0 Å². The summed E-state index contributed by atoms with van der Waals surface area (Å²) in [6.45, 7) is 1.91. The zero-order valence-electron chi connectivity index (χ0n) is 11.7. The van der Waals surface area contributed by atoms with E-state index >= 15 is 0 Å². The van der Waals surface area contributed by atoms with E-state index in [2.05, 4.69) is 15.0 Å². The van der Waals surface area contributed by atoms with Crippen molar-refractivity contribution in [2.45, 2.75) is 6.92 Å². The Kier molecular flexibility index (Phi) is 3.53. The Hall–Kier alpha value is -2.47. The van der Waals surface area contributed by atoms with Gasteiger partial charge in [0.25, 0.3) is 5.19 Å². The van der Waals surface area contributed by atoms with Crippen LogP contribution in [0.25, 0.3) is 22.0 Å². The number of thiazole rings is 1. The molecule has 0 atom stereocenters. The molecular weight excluding hydrogens is 284 g/mol. The number of aromatic nitrogens is 3. The van der Waals surface area contributed by atoms with Crippen LogP contribution in [0.3, 0.4) is 0 Å². The highest BCUT2D eigenvalue weighted by atomic mass is 32.1. The zero-order valence-corrected chi connectivity index (χ0v) is 12.5. The van der Waals surface area contributed by atoms with Crippen LogP contribution in [0.4, 0.5) is 5.69 Å². The molecule has 0 unspecified atom stereocenters. The number of nitrogens with zero attached hydrogens (tertiary/aromatic N) is 3. The van der Waals surface area contributed by atoms with E-state index in [0.717, 1.165) is 16.1 Å². The summed E-state index contributed by atoms with van der Waals surface area (Å²) >= 11 is 1.43. The second-order valence-corrected chi connectivity index (χ2v) is 5.42. The lowest BCUT2D eigenvalue weighted by molar-refractivity contribution is 0.411. The molecule has 106 valence electrons. The quantitative estimate of drug-likeness (QED) is 0.804. The van der Waals surface area contributed by atoms with Gasteiger partial charge in [-0.05, 0) is 6.92 Å². The monoisotopic (exact) mass is 298 g/mol. The predicted molar refractivity (Wildman–Crippen MR) is 84.3 cm³/mol. The van der Waals surface area contributed by atoms with Gasteiger partial charge < -0.3 is 10.5 Å². The summed E-state index contributed by atoms with van der Waals surface area (Å²) in [5.41, 5.74) is 9.06. The fourth-order valence-electron chi connectivity index (χ4n) is 1.98. The number of anilines is 1. The molecule has 21 heavy (non-hydrogen) atoms. The molecule has 2 N–H and O–H groups in total. The van der Waals surface area contributed by atoms with Crippen molar-refractivity contribution in [3.05, 3.63) is 42.2 Å². The van der Waals surface area contributed by atoms with E-state index in [1.807, 2.05) is 37.3 Å². The number of hydrogen-bond acceptors (Lipinski definition) is 6. The van der Waals surface area contributed by atoms with Crippen molar-refractivity contribution in [1.82, 2.24) is 15.0 Å². The molecular formula is C15H14N4OS. The van der Waals surface area contributed by atoms with E-state index in [1.54, 1.807) is 13.3 Å². The van der Waals surface area contributed by atoms with Crippen LogP contribution in [0.1, 0.15) is 5.69 Å². The lowest BCUT2D eigenvalue weighted by Crippen LogP contribution is -1.98. The molecule has 6 heteroatoms. The Morgan fingerprint density at radius 3 is 2.57 bits per heavy atom. The smallest absolute Gasteiger partial charge is 0.273 e. The van der Waals surface area contributed by atoms with E-state index in [0.29, 0.717) is 22.4 Å². The molecule has 0 aliphatic carbocycles. The number of ether oxygens (including phenoxy) is 1. The molecule has 3 rings (SSSR count). The van der Waals surface area contributed by atoms with Crippen molar-refractivity contribution in [1.29, 1.82) is 0 Å². The number of methoxy groups -OCH3 is 1. The van der Waals surface area contributed by atoms with Gasteiger partial charge in [0.15, 0.2) is 5.82 Å². The summed E-state index contributed by atoms with van der Waals surface area (Å²) in [5, 5.41) is 0.599. The van der Waals surface area contributed by atoms with E-state index < -0.39 is 0 Å². The van der Waals surface area contributed by atoms with Crippen LogP contribution < -0.4 is 10.5 Å². The third-order valence-electron chi connectivity index (χ3n) is 3.02. The molecule has 0 bridgehead atoms. The fourth-order valence-corrected chi connectivity index (χ4v) is 2.87. The van der Waals surface area contributed by atoms with Crippen LogP contribution in [0.2, 0.25) is 0 Å². The molecule has 0 saturated carbocycles. The van der Waals surface area contributed by atoms with Gasteiger partial charge in [-0.25, -0.2) is 15.0 Å². The Morgan fingerprint density at radius 1 is 1.14 bits per heavy atom. The summed E-state index contributed by atoms with van der Waals surface area (Å²) in [7, 11) is 1.60. The van der Waals surface area contributed by atoms with Gasteiger partial charge in [-0.1, -0.05) is 41.7 Å². The highest BCUT2D eigenvalue weighted by Crippen LogP contribution is 2.36. The third-order valence-corrected chi connectivity index (χ3v) is 4.14. The van der Waals surface area contributed by atoms with E-state index in [-0.39, 0.29) is 0 Å². The maximum Gasteiger partial charge on any atom is 0.273 e. The first kappa shape index (κ1) is 13.5. The molecule has 0 radical (unpaired) electrons. The van der Waals surface area contributed by atoms with Crippen LogP contribution in [0.15, 0.2) is 36.5 Å². The summed E-state index contributed by atoms with van der Waals surface area (Å²) < 4.78 is 5.18. The average molecular weight is 298 g/mol. The van der Waals surface area contributed by atoms with Crippen LogP contribution in [-0.4, -0.2) is 22.1 Å². The highest BCUT2D eigenvalue weighted by Gasteiger charge is 2.15. The van der Waals surface area contributed by atoms with Crippen molar-refractivity contribution in [3.8, 4) is 27.2 Å². The minimum absolute atomic E-state index is 0.532. The van der Waals surface area contributed by atoms with Crippen LogP contribution in [-0.2, 0) is 0 Å². The minimum atomic E-state index is 0.532. The first-order valence-corrected chi connectivity index (χ1v) is 7.20. The largest absolute Gasteiger partial charge is 0.473 e. The normalized spacial score (nSPS) is 10.6. The number of benzene rings is 1. The van der Waals surface area contributed by atoms with Crippen molar-refractivity contribution in [2.24, 2.45) is 0 Å². The number of nitrogen functional groups attached to an aromatic ring is 1. The Bertz CT molecular complexity index is 771. The van der Waals surface area contributed by atoms with Gasteiger partial charge in [0.2, 0.25) is 0 Å². The number of nitrogens with two attached hydrogens (primary N) is 1. The number of aryl methyl sites for hydroxylation is 1. The first-order valence-electron chi connectivity index (χ1n) is 6.38. The average Bonchev–Trinajstić information content (AvgIpc) is 2.90. The summed E-state index contributed by atoms with van der Waals surface area (Å²) in [5.74, 6) is 0.645. The molecule has 0 aliphatic rings. The second kappa shape index (κ2) is 5.49. The molecule has 0 fully saturated rings. The van der Waals surface area contributed by atoms with Gasteiger partial charge in [0.1, 0.15) is 5.69 Å². The summed E-state index contributed by atoms with van der Waals surface area (Å²) in [4.78, 5) is 14.1. The minimum Gasteiger partial charge on any atom is -0.473 e. The Morgan fingerprint density at radius 2 is 1.90 bits per heavy atom. The van der Waals surface area contributed by atoms with Crippen LogP contribution >= 0.6 is 11.3 Å². The van der Waals surface area contributed by atoms with Gasteiger partial charge in [-0.3, -0.25) is 0 Å². The van der Waals surface area contributed by atoms with Crippen molar-refractivity contribution >= 4 is 17.0 Å². The highest BCUT2D eigenvalue weighted by molar-refractivity contribution is 7.17. The SMILES string of the molecule is COc1nc(C)c(-c2nc(-c3ccccc3)ncc2N)s1. The van der Waals surface area contributed by atoms with E-state index in [1.165, 1.54) is 11.3 Å². The predicted octanol–water partition coefficient (Wildman–Crippen LogP) is 3.17. The lowest BCUT2D eigenvalue weighted by atomic mass is 10.2. The Labute approximate surface area is 126 Å². The molecule has 1 aromatic carbocycles. The van der Waals surface area contributed by atoms with E-state index in [9.17, 15) is 0 Å². The fraction of sp³-hybridized carbons (Fsp3) is 0.133. The molecule has 0 aliphatic heterocycles. The van der Waals surface area contributed by atoms with Gasteiger partial charge in [0.05, 0.1) is 29.6 Å². The number of rotatable bonds is 3. The maximum absolute atomic E-state index is 6.03. The van der Waals surface area contributed by atoms with Crippen LogP contribution in [0.5, 0.6) is 5.19 Å². The third kappa shape index (κ3) is 2.57. The van der Waals surface area contributed by atoms with E-state index in [4.69, 9.17) is 10.5 Å². The first-order chi connectivity index (χ1) is 10.2. The van der Waals surface area contributed by atoms with Crippen molar-refractivity contribution < 1.29 is 4.74 Å². The van der Waals surface area contributed by atoms with Gasteiger partial charge in [-0.15, -0.1) is 0 Å². The van der Waals surface area contributed by atoms with Gasteiger partial charge >= 0.3 is 0 Å². The molecule has 0 spiro atoms. The van der Waals surface area contributed by atoms with Crippen molar-refractivity contribution in [2.75, 3.05) is 12.8 Å². The zero-order chi connectivity index (χ0) is 14.8. The Balaban J connectivity index is 2.12. The molecule has 2 aromatic heterocycles. The maximum atomic E-state index is 6.03. The standard InChI is InChI=1S/C15H14N4OS/c1-9-13(21-15(18-9)20-2)12-11(16)8-17-14(19-12)10-6-4-3-5-7-10/h3-8H,16H2,1-2H3.